The number of benzene rings is 8. The number of piperidine rings is 1. The van der Waals surface area contributed by atoms with E-state index in [0.29, 0.717) is 38.7 Å². The number of methoxy groups -OCH3 is 1. The molecule has 6 aliphatic rings. The molecule has 0 spiro atoms. The van der Waals surface area contributed by atoms with Crippen LogP contribution in [-0.2, 0) is 39.0 Å². The zero-order valence-corrected chi connectivity index (χ0v) is 58.4. The molecule has 6 heterocycles. The molecule has 6 aliphatic heterocycles. The number of nitro groups is 3. The van der Waals surface area contributed by atoms with Crippen LogP contribution in [0.3, 0.4) is 0 Å². The summed E-state index contributed by atoms with van der Waals surface area (Å²) in [6.07, 6.45) is 5.04. The van der Waals surface area contributed by atoms with Gasteiger partial charge in [-0.2, -0.15) is 0 Å². The quantitative estimate of drug-likeness (QED) is 0.0396. The van der Waals surface area contributed by atoms with Gasteiger partial charge in [0.2, 0.25) is 0 Å². The lowest BCUT2D eigenvalue weighted by Gasteiger charge is -2.36. The molecule has 0 unspecified atom stereocenters. The monoisotopic (exact) mass is 1380 g/mol. The molecule has 526 valence electrons. The van der Waals surface area contributed by atoms with Crippen molar-refractivity contribution in [1.82, 2.24) is 19.6 Å². The van der Waals surface area contributed by atoms with E-state index < -0.39 is 4.92 Å². The predicted molar refractivity (Wildman–Crippen MR) is 394 cm³/mol. The number of hydrogen-bond donors (Lipinski definition) is 0. The Hall–Kier alpha value is -9.51. The minimum Gasteiger partial charge on any atom is -0.496 e. The second-order valence-electron chi connectivity index (χ2n) is 25.9. The summed E-state index contributed by atoms with van der Waals surface area (Å²) in [7, 11) is 1.74. The van der Waals surface area contributed by atoms with E-state index in [1.165, 1.54) is 40.4 Å². The second-order valence-corrected chi connectivity index (χ2v) is 26.3. The third-order valence-electron chi connectivity index (χ3n) is 19.4. The zero-order valence-electron chi connectivity index (χ0n) is 57.6. The molecule has 0 radical (unpaired) electrons. The van der Waals surface area contributed by atoms with Gasteiger partial charge in [-0.25, -0.2) is 0 Å². The number of anilines is 3. The lowest BCUT2D eigenvalue weighted by molar-refractivity contribution is -0.386. The summed E-state index contributed by atoms with van der Waals surface area (Å²) in [5, 5.41) is 34.9. The van der Waals surface area contributed by atoms with Crippen LogP contribution < -0.4 is 38.4 Å². The summed E-state index contributed by atoms with van der Waals surface area (Å²) in [5.74, 6) is 3.64. The lowest BCUT2D eigenvalue weighted by atomic mass is 10.0. The molecule has 0 aromatic heterocycles. The van der Waals surface area contributed by atoms with Crippen molar-refractivity contribution in [3.8, 4) is 28.7 Å². The molecule has 8 aromatic carbocycles. The Balaban J connectivity index is 0.000000135. The summed E-state index contributed by atoms with van der Waals surface area (Å²) in [4.78, 5) is 49.7. The minimum atomic E-state index is -0.409. The predicted octanol–water partition coefficient (Wildman–Crippen LogP) is 14.0. The molecule has 4 saturated heterocycles. The highest BCUT2D eigenvalue weighted by Gasteiger charge is 2.28. The molecule has 0 aliphatic carbocycles. The van der Waals surface area contributed by atoms with Crippen LogP contribution in [-0.4, -0.2) is 160 Å². The lowest BCUT2D eigenvalue weighted by Crippen LogP contribution is -2.46. The van der Waals surface area contributed by atoms with Crippen molar-refractivity contribution in [3.63, 3.8) is 0 Å². The van der Waals surface area contributed by atoms with Gasteiger partial charge in [-0.1, -0.05) is 90.5 Å². The SMILES string of the molecule is COc1ccc(CN2CCN(Cc3ccccc3)CC2)c(C)c1C.O=[N+]([O-])c1cc2c(cc1CN1CCN(c3cccc(Cl)c3)CC1)OCC2.O=[N+]([O-])c1cc2c(cc1CN1CCN(c3ccccc3)CC1)OCC2.O=[N+]([O-])c1ccc(N2CCCCC2)cc1OCCOc1ccccc1. The number of rotatable bonds is 20. The summed E-state index contributed by atoms with van der Waals surface area (Å²) in [6.45, 7) is 23.0. The summed E-state index contributed by atoms with van der Waals surface area (Å²) >= 11 is 6.08. The van der Waals surface area contributed by atoms with Crippen LogP contribution in [0.2, 0.25) is 5.02 Å². The first-order valence-corrected chi connectivity index (χ1v) is 35.2. The third kappa shape index (κ3) is 19.7. The third-order valence-corrected chi connectivity index (χ3v) is 19.6. The molecule has 8 aromatic rings. The van der Waals surface area contributed by atoms with Crippen LogP contribution >= 0.6 is 11.6 Å². The number of halogens is 1. The number of ether oxygens (including phenoxy) is 5. The molecule has 0 amide bonds. The van der Waals surface area contributed by atoms with Gasteiger partial charge in [-0.15, -0.1) is 0 Å². The van der Waals surface area contributed by atoms with Gasteiger partial charge in [0.15, 0.2) is 5.75 Å². The van der Waals surface area contributed by atoms with Gasteiger partial charge in [0.05, 0.1) is 35.1 Å². The Labute approximate surface area is 591 Å². The van der Waals surface area contributed by atoms with Gasteiger partial charge in [0.1, 0.15) is 36.2 Å². The summed E-state index contributed by atoms with van der Waals surface area (Å²) < 4.78 is 27.8. The average molecular weight is 1380 g/mol. The molecule has 4 fully saturated rings. The van der Waals surface area contributed by atoms with Gasteiger partial charge < -0.3 is 38.4 Å². The molecular formula is C78H91ClN10O11. The van der Waals surface area contributed by atoms with E-state index in [9.17, 15) is 30.3 Å². The normalized spacial score (nSPS) is 16.2. The molecular weight excluding hydrogens is 1290 g/mol. The molecule has 0 N–H and O–H groups in total. The van der Waals surface area contributed by atoms with Gasteiger partial charge in [-0.05, 0) is 122 Å². The fourth-order valence-corrected chi connectivity index (χ4v) is 13.8. The topological polar surface area (TPSA) is 198 Å². The number of piperazine rings is 3. The summed E-state index contributed by atoms with van der Waals surface area (Å²) in [5.41, 5.74) is 12.6. The first kappa shape index (κ1) is 71.8. The first-order valence-electron chi connectivity index (χ1n) is 34.8. The van der Waals surface area contributed by atoms with E-state index in [0.717, 1.165) is 192 Å². The van der Waals surface area contributed by atoms with Crippen molar-refractivity contribution in [3.05, 3.63) is 250 Å². The van der Waals surface area contributed by atoms with E-state index in [1.54, 1.807) is 31.4 Å². The maximum absolute atomic E-state index is 11.5. The number of fused-ring (bicyclic) bond motifs is 2. The van der Waals surface area contributed by atoms with Crippen molar-refractivity contribution in [2.75, 3.05) is 140 Å². The van der Waals surface area contributed by atoms with E-state index in [2.05, 4.69) is 121 Å². The van der Waals surface area contributed by atoms with Crippen molar-refractivity contribution in [2.24, 2.45) is 0 Å². The fraction of sp³-hybridized carbons (Fsp3) is 0.385. The molecule has 22 heteroatoms. The van der Waals surface area contributed by atoms with Crippen molar-refractivity contribution < 1.29 is 38.5 Å². The summed E-state index contributed by atoms with van der Waals surface area (Å²) in [6, 6.07) is 54.9. The van der Waals surface area contributed by atoms with Gasteiger partial charge in [0, 0.05) is 199 Å². The molecule has 0 saturated carbocycles. The molecule has 0 bridgehead atoms. The maximum atomic E-state index is 11.5. The van der Waals surface area contributed by atoms with E-state index in [-0.39, 0.29) is 33.5 Å². The van der Waals surface area contributed by atoms with Gasteiger partial charge >= 0.3 is 5.69 Å². The Morgan fingerprint density at radius 3 is 1.43 bits per heavy atom. The molecule has 14 rings (SSSR count). The van der Waals surface area contributed by atoms with Crippen molar-refractivity contribution in [1.29, 1.82) is 0 Å². The minimum absolute atomic E-state index is 0.0135. The van der Waals surface area contributed by atoms with Crippen LogP contribution in [0.4, 0.5) is 34.1 Å². The number of hydrogen-bond acceptors (Lipinski definition) is 18. The van der Waals surface area contributed by atoms with Crippen LogP contribution in [0.25, 0.3) is 0 Å². The molecule has 100 heavy (non-hydrogen) atoms. The number of para-hydroxylation sites is 2. The van der Waals surface area contributed by atoms with Gasteiger partial charge in [0.25, 0.3) is 11.4 Å². The molecule has 0 atom stereocenters. The highest BCUT2D eigenvalue weighted by Crippen LogP contribution is 2.37. The highest BCUT2D eigenvalue weighted by atomic mass is 35.5. The van der Waals surface area contributed by atoms with Gasteiger partial charge in [-0.3, -0.25) is 49.9 Å². The standard InChI is InChI=1S/C21H28N2O.C19H20ClN3O3.C19H21N3O3.C19H22N2O4/c1-17-18(2)21(24-3)10-9-20(17)16-23-13-11-22(12-14-23)15-19-7-5-4-6-8-19;20-16-2-1-3-17(12-16)22-7-5-21(6-8-22)13-15-11-19-14(4-9-26-19)10-18(15)23(24)25;23-22(24)18-12-15-6-11-25-19(15)13-16(18)14-20-7-9-21(10-8-20)17-4-2-1-3-5-17;22-21(23)18-10-9-16(20-11-5-2-6-12-20)15-19(18)25-14-13-24-17-7-3-1-4-8-17/h4-10H,11-16H2,1-3H3;1-3,10-12H,4-9,13H2;1-5,12-13H,6-11,14H2;1,3-4,7-10,15H,2,5-6,11-14H2. The van der Waals surface area contributed by atoms with Crippen molar-refractivity contribution >= 4 is 45.7 Å². The van der Waals surface area contributed by atoms with Crippen molar-refractivity contribution in [2.45, 2.75) is 72.1 Å². The van der Waals surface area contributed by atoms with E-state index in [1.807, 2.05) is 66.7 Å². The Morgan fingerprint density at radius 2 is 0.890 bits per heavy atom. The average Bonchev–Trinajstić information content (AvgIpc) is 1.51. The number of nitro benzene ring substituents is 3. The smallest absolute Gasteiger partial charge is 0.311 e. The van der Waals surface area contributed by atoms with Crippen LogP contribution in [0.5, 0.6) is 28.7 Å². The van der Waals surface area contributed by atoms with E-state index in [4.69, 9.17) is 35.3 Å². The Morgan fingerprint density at radius 1 is 0.420 bits per heavy atom. The second kappa shape index (κ2) is 35.5. The van der Waals surface area contributed by atoms with Crippen LogP contribution in [0, 0.1) is 44.2 Å². The van der Waals surface area contributed by atoms with Crippen LogP contribution in [0.15, 0.2) is 170 Å². The number of nitrogens with zero attached hydrogens (tertiary/aromatic N) is 10. The Bertz CT molecular complexity index is 4000. The van der Waals surface area contributed by atoms with Crippen LogP contribution in [0.1, 0.15) is 63.8 Å². The largest absolute Gasteiger partial charge is 0.496 e. The first-order chi connectivity index (χ1) is 48.7. The Kier molecular flexibility index (Phi) is 25.5. The maximum Gasteiger partial charge on any atom is 0.311 e. The molecule has 21 nitrogen and oxygen atoms in total. The zero-order chi connectivity index (χ0) is 69.7. The van der Waals surface area contributed by atoms with E-state index >= 15 is 0 Å². The fourth-order valence-electron chi connectivity index (χ4n) is 13.6. The highest BCUT2D eigenvalue weighted by molar-refractivity contribution is 6.30.